The van der Waals surface area contributed by atoms with Crippen molar-refractivity contribution in [1.29, 1.82) is 0 Å². The number of esters is 2. The van der Waals surface area contributed by atoms with Crippen LogP contribution in [-0.2, 0) is 52.2 Å². The van der Waals surface area contributed by atoms with Gasteiger partial charge in [0, 0.05) is 17.0 Å². The molecule has 2 aromatic rings. The van der Waals surface area contributed by atoms with E-state index < -0.39 is 72.3 Å². The Morgan fingerprint density at radius 1 is 0.652 bits per heavy atom. The van der Waals surface area contributed by atoms with Gasteiger partial charge in [0.25, 0.3) is 0 Å². The molecule has 0 radical (unpaired) electrons. The molecule has 1 N–H and O–H groups in total. The van der Waals surface area contributed by atoms with E-state index in [9.17, 15) is 19.5 Å². The lowest BCUT2D eigenvalue weighted by molar-refractivity contribution is -0.152. The second kappa shape index (κ2) is 24.6. The van der Waals surface area contributed by atoms with Crippen LogP contribution >= 0.6 is 0 Å². The highest BCUT2D eigenvalue weighted by Gasteiger charge is 2.45. The number of ether oxygens (including phenoxy) is 10. The second-order valence-corrected chi connectivity index (χ2v) is 17.5. The minimum absolute atomic E-state index is 0.0126. The molecular weight excluding hydrogens is 849 g/mol. The van der Waals surface area contributed by atoms with E-state index in [-0.39, 0.29) is 25.5 Å². The summed E-state index contributed by atoms with van der Waals surface area (Å²) in [7, 11) is 5.52. The molecule has 66 heavy (non-hydrogen) atoms. The smallest absolute Gasteiger partial charge is 0.339 e. The molecule has 4 aliphatic heterocycles. The molecule has 0 saturated carbocycles. The number of carbonyl (C=O) groups excluding carboxylic acids is 3. The summed E-state index contributed by atoms with van der Waals surface area (Å²) < 4.78 is 68.3. The molecule has 0 aromatic heterocycles. The lowest BCUT2D eigenvalue weighted by Gasteiger charge is -2.24. The average Bonchev–Trinajstić information content (AvgIpc) is 3.76. The van der Waals surface area contributed by atoms with Crippen LogP contribution in [0.2, 0.25) is 0 Å². The van der Waals surface area contributed by atoms with Gasteiger partial charge >= 0.3 is 11.9 Å². The third kappa shape index (κ3) is 14.8. The number of cyclic esters (lactones) is 2. The van der Waals surface area contributed by atoms with Gasteiger partial charge in [0.2, 0.25) is 0 Å². The van der Waals surface area contributed by atoms with E-state index in [1.807, 2.05) is 90.1 Å². The van der Waals surface area contributed by atoms with Gasteiger partial charge in [-0.3, -0.25) is 4.79 Å². The molecule has 0 bridgehead atoms. The number of carbonyl (C=O) groups is 3. The maximum Gasteiger partial charge on any atom is 0.339 e. The van der Waals surface area contributed by atoms with Crippen LogP contribution in [0.15, 0.2) is 60.7 Å². The fourth-order valence-corrected chi connectivity index (χ4v) is 8.26. The Hall–Kier alpha value is -4.35. The van der Waals surface area contributed by atoms with Crippen molar-refractivity contribution in [2.45, 2.75) is 163 Å². The van der Waals surface area contributed by atoms with Crippen molar-refractivity contribution >= 4 is 29.9 Å². The third-order valence-corrected chi connectivity index (χ3v) is 11.0. The van der Waals surface area contributed by atoms with Crippen molar-refractivity contribution < 1.29 is 69.6 Å². The Morgan fingerprint density at radius 3 is 1.61 bits per heavy atom. The summed E-state index contributed by atoms with van der Waals surface area (Å²) in [5.74, 6) is -2.79. The maximum atomic E-state index is 13.1. The zero-order chi connectivity index (χ0) is 50.9. The highest BCUT2D eigenvalue weighted by molar-refractivity contribution is 5.97. The van der Waals surface area contributed by atoms with Crippen LogP contribution in [0.3, 0.4) is 0 Å². The van der Waals surface area contributed by atoms with Crippen LogP contribution in [0.25, 0.3) is 12.2 Å². The van der Waals surface area contributed by atoms with E-state index in [0.717, 1.165) is 33.4 Å². The third-order valence-electron chi connectivity index (χ3n) is 11.0. The lowest BCUT2D eigenvalue weighted by atomic mass is 9.97. The van der Waals surface area contributed by atoms with Gasteiger partial charge in [0.1, 0.15) is 56.3 Å². The van der Waals surface area contributed by atoms with Crippen molar-refractivity contribution in [2.24, 2.45) is 0 Å². The van der Waals surface area contributed by atoms with Crippen LogP contribution in [0.4, 0.5) is 0 Å². The van der Waals surface area contributed by atoms with Crippen LogP contribution in [0.5, 0.6) is 0 Å². The first-order chi connectivity index (χ1) is 32.2. The molecule has 14 nitrogen and oxygen atoms in total. The molecular formula is C52H74O14. The number of fused-ring (bicyclic) bond motifs is 4. The molecule has 4 heterocycles. The zero-order valence-electron chi connectivity index (χ0n) is 43.2. The molecule has 2 aromatic carbocycles. The van der Waals surface area contributed by atoms with Gasteiger partial charge < -0.3 is 52.5 Å². The Labute approximate surface area is 395 Å². The summed E-state index contributed by atoms with van der Waals surface area (Å²) in [6.45, 7) is 18.5. The topological polar surface area (TPSA) is 164 Å². The predicted octanol–water partition coefficient (Wildman–Crippen LogP) is 8.86. The summed E-state index contributed by atoms with van der Waals surface area (Å²) in [4.78, 5) is 39.1. The normalized spacial score (nSPS) is 30.5. The lowest BCUT2D eigenvalue weighted by Crippen LogP contribution is -2.35. The SMILES string of the molecule is COCO[C@@H]1/C=C\C(=O)[C@H]2OC(C)(C)O[C@H]2C/C=C/c2cc(C)cc(C)c2C(=O)O[C@H]1C.COCO[C@@H]1/C=C\C(O)[C@H]2OC(C)(C)O[C@H]2C/C=C/c2cc(C)cc(C)c2C(=O)O[C@H]1C.[3H]C.[3H]C. The molecule has 0 spiro atoms. The van der Waals surface area contributed by atoms with Crippen molar-refractivity contribution in [3.8, 4) is 0 Å². The number of aliphatic hydroxyl groups excluding tert-OH is 1. The first kappa shape index (κ1) is 52.6. The first-order valence-corrected chi connectivity index (χ1v) is 21.7. The van der Waals surface area contributed by atoms with E-state index in [4.69, 9.17) is 50.1 Å². The van der Waals surface area contributed by atoms with Crippen LogP contribution in [0.1, 0.15) is 126 Å². The van der Waals surface area contributed by atoms with E-state index in [0.29, 0.717) is 24.0 Å². The van der Waals surface area contributed by atoms with Crippen LogP contribution in [-0.4, -0.2) is 117 Å². The van der Waals surface area contributed by atoms with E-state index in [1.54, 1.807) is 45.9 Å². The van der Waals surface area contributed by atoms with Gasteiger partial charge in [0.15, 0.2) is 17.4 Å². The molecule has 366 valence electrons. The van der Waals surface area contributed by atoms with Gasteiger partial charge in [-0.1, -0.05) is 86.7 Å². The van der Waals surface area contributed by atoms with E-state index in [1.165, 1.54) is 35.1 Å². The summed E-state index contributed by atoms with van der Waals surface area (Å²) in [6.07, 6.45) is 9.29. The molecule has 2 saturated heterocycles. The van der Waals surface area contributed by atoms with Crippen molar-refractivity contribution in [3.63, 3.8) is 0 Å². The standard InChI is InChI=1S/C25H34O7.C25H32O7.2CH4/c2*1-15-12-16(2)22-18(13-15)8-7-9-21-23(32-25(4,5)31-21)19(26)10-11-20(29-14-28-6)17(3)30-24(22)27;;/h7-8,10-13,17,19-21,23,26H,9,14H2,1-6H3;7-8,10-13,17,20-21,23H,9,14H2,1-6H3;2*1H4/b2*8-7+,11-10-;;/t17-,19?,20+,21-,23+;17-,20+,21-,23+;;/m00../s1/i;;2*1T. The molecule has 0 aliphatic carbocycles. The van der Waals surface area contributed by atoms with Gasteiger partial charge in [-0.25, -0.2) is 9.59 Å². The summed E-state index contributed by atoms with van der Waals surface area (Å²) in [6, 6.07) is 7.81. The first-order valence-electron chi connectivity index (χ1n) is 23.7. The Bertz CT molecular complexity index is 2100. The number of aliphatic hydroxyl groups is 1. The highest BCUT2D eigenvalue weighted by Crippen LogP contribution is 2.34. The molecule has 0 amide bonds. The second-order valence-electron chi connectivity index (χ2n) is 17.5. The number of aryl methyl sites for hydroxylation is 4. The van der Waals surface area contributed by atoms with Crippen LogP contribution in [0, 0.1) is 27.7 Å². The molecule has 9 atom stereocenters. The quantitative estimate of drug-likeness (QED) is 0.166. The van der Waals surface area contributed by atoms with E-state index in [2.05, 4.69) is 0 Å². The van der Waals surface area contributed by atoms with E-state index >= 15 is 0 Å². The highest BCUT2D eigenvalue weighted by atomic mass is 16.8. The molecule has 6 rings (SSSR count). The maximum absolute atomic E-state index is 13.1. The van der Waals surface area contributed by atoms with Gasteiger partial charge in [-0.2, -0.15) is 0 Å². The number of rotatable bonds is 6. The fourth-order valence-electron chi connectivity index (χ4n) is 8.26. The average molecular weight is 927 g/mol. The molecule has 4 aliphatic rings. The Morgan fingerprint density at radius 2 is 1.11 bits per heavy atom. The number of hydrogen-bond donors (Lipinski definition) is 1. The summed E-state index contributed by atoms with van der Waals surface area (Å²) in [5, 5.41) is 10.8. The van der Waals surface area contributed by atoms with Crippen molar-refractivity contribution in [3.05, 3.63) is 105 Å². The zero-order valence-corrected chi connectivity index (χ0v) is 41.2. The summed E-state index contributed by atoms with van der Waals surface area (Å²) in [5.41, 5.74) is 6.30. The van der Waals surface area contributed by atoms with Gasteiger partial charge in [-0.15, -0.1) is 0 Å². The number of hydrogen-bond acceptors (Lipinski definition) is 14. The number of benzene rings is 2. The molecule has 2 fully saturated rings. The number of ketones is 1. The summed E-state index contributed by atoms with van der Waals surface area (Å²) >= 11 is 0. The van der Waals surface area contributed by atoms with Crippen molar-refractivity contribution in [2.75, 3.05) is 27.8 Å². The minimum Gasteiger partial charge on any atom is -0.456 e. The van der Waals surface area contributed by atoms with Gasteiger partial charge in [-0.05, 0) is 116 Å². The predicted molar refractivity (Wildman–Crippen MR) is 253 cm³/mol. The van der Waals surface area contributed by atoms with Crippen LogP contribution < -0.4 is 0 Å². The molecule has 1 unspecified atom stereocenters. The molecule has 14 heteroatoms. The van der Waals surface area contributed by atoms with Gasteiger partial charge in [0.05, 0.1) is 23.3 Å². The fraction of sp³-hybridized carbons (Fsp3) is 0.558. The monoisotopic (exact) mass is 927 g/mol. The Balaban J connectivity index is 0.000000336. The largest absolute Gasteiger partial charge is 0.456 e. The van der Waals surface area contributed by atoms with Crippen molar-refractivity contribution in [1.82, 2.24) is 0 Å². The minimum atomic E-state index is -0.925. The number of methoxy groups -OCH3 is 2. The Kier molecular flexibility index (Phi) is 19.6.